The maximum atomic E-state index is 12.1. The second-order valence-corrected chi connectivity index (χ2v) is 3.63. The summed E-state index contributed by atoms with van der Waals surface area (Å²) in [5, 5.41) is 8.95. The highest BCUT2D eigenvalue weighted by molar-refractivity contribution is 4.80. The summed E-state index contributed by atoms with van der Waals surface area (Å²) in [5.41, 5.74) is 0. The Balaban J connectivity index is 0. The van der Waals surface area contributed by atoms with Crippen LogP contribution in [0.25, 0.3) is 0 Å². The van der Waals surface area contributed by atoms with Crippen LogP contribution in [0.1, 0.15) is 40.5 Å². The zero-order valence-corrected chi connectivity index (χ0v) is 11.5. The average molecular weight is 257 g/mol. The molecule has 1 unspecified atom stereocenters. The molecule has 1 N–H and O–H groups in total. The first-order chi connectivity index (χ1) is 7.91. The van der Waals surface area contributed by atoms with Crippen molar-refractivity contribution in [3.8, 4) is 0 Å². The lowest BCUT2D eigenvalue weighted by Crippen LogP contribution is -2.42. The largest absolute Gasteiger partial charge is 0.414 e. The third-order valence-electron chi connectivity index (χ3n) is 2.55. The zero-order chi connectivity index (χ0) is 14.1. The molecule has 0 aromatic rings. The van der Waals surface area contributed by atoms with Crippen LogP contribution in [0.3, 0.4) is 0 Å². The summed E-state index contributed by atoms with van der Waals surface area (Å²) < 4.78 is 36.2. The van der Waals surface area contributed by atoms with E-state index in [2.05, 4.69) is 0 Å². The molecule has 1 atom stereocenters. The number of hydrogen-bond acceptors (Lipinski definition) is 2. The first-order valence-corrected chi connectivity index (χ1v) is 6.34. The van der Waals surface area contributed by atoms with Gasteiger partial charge < -0.3 is 10.0 Å². The van der Waals surface area contributed by atoms with Crippen LogP contribution in [0, 0.1) is 5.92 Å². The maximum absolute atomic E-state index is 12.1. The van der Waals surface area contributed by atoms with Gasteiger partial charge in [0, 0.05) is 0 Å². The second-order valence-electron chi connectivity index (χ2n) is 3.63. The van der Waals surface area contributed by atoms with Crippen molar-refractivity contribution in [3.63, 3.8) is 0 Å². The number of nitrogens with zero attached hydrogens (tertiary/aromatic N) is 1. The summed E-state index contributed by atoms with van der Waals surface area (Å²) in [5.74, 6) is -0.615. The molecule has 0 bridgehead atoms. The SMILES string of the molecule is CC.CC.CN1CCC(C(O)C(F)(F)F)CC1. The molecule has 0 aromatic heterocycles. The molecule has 2 nitrogen and oxygen atoms in total. The minimum absolute atomic E-state index is 0.428. The van der Waals surface area contributed by atoms with Crippen molar-refractivity contribution in [1.29, 1.82) is 0 Å². The van der Waals surface area contributed by atoms with Gasteiger partial charge in [-0.3, -0.25) is 0 Å². The molecule has 1 aliphatic rings. The average Bonchev–Trinajstić information content (AvgIpc) is 2.33. The molecule has 1 aliphatic heterocycles. The summed E-state index contributed by atoms with van der Waals surface area (Å²) in [4.78, 5) is 1.97. The number of alkyl halides is 3. The van der Waals surface area contributed by atoms with Crippen LogP contribution in [-0.4, -0.2) is 42.4 Å². The first-order valence-electron chi connectivity index (χ1n) is 6.34. The third kappa shape index (κ3) is 7.60. The molecule has 1 heterocycles. The Bertz CT molecular complexity index is 166. The van der Waals surface area contributed by atoms with Gasteiger partial charge in [-0.15, -0.1) is 0 Å². The third-order valence-corrected chi connectivity index (χ3v) is 2.55. The Morgan fingerprint density at radius 1 is 1.06 bits per heavy atom. The Hall–Kier alpha value is -0.290. The van der Waals surface area contributed by atoms with E-state index in [-0.39, 0.29) is 0 Å². The fourth-order valence-corrected chi connectivity index (χ4v) is 1.61. The lowest BCUT2D eigenvalue weighted by molar-refractivity contribution is -0.222. The highest BCUT2D eigenvalue weighted by atomic mass is 19.4. The molecule has 0 saturated carbocycles. The van der Waals surface area contributed by atoms with Crippen molar-refractivity contribution in [2.24, 2.45) is 5.92 Å². The quantitative estimate of drug-likeness (QED) is 0.779. The van der Waals surface area contributed by atoms with Crippen molar-refractivity contribution >= 4 is 0 Å². The van der Waals surface area contributed by atoms with Crippen LogP contribution in [-0.2, 0) is 0 Å². The topological polar surface area (TPSA) is 23.5 Å². The predicted octanol–water partition coefficient (Wildman–Crippen LogP) is 3.30. The van der Waals surface area contributed by atoms with Gasteiger partial charge in [-0.1, -0.05) is 27.7 Å². The van der Waals surface area contributed by atoms with E-state index in [4.69, 9.17) is 5.11 Å². The molecule has 0 amide bonds. The molecule has 1 saturated heterocycles. The van der Waals surface area contributed by atoms with E-state index < -0.39 is 18.2 Å². The number of hydrogen-bond donors (Lipinski definition) is 1. The van der Waals surface area contributed by atoms with E-state index >= 15 is 0 Å². The minimum Gasteiger partial charge on any atom is -0.383 e. The Kier molecular flexibility index (Phi) is 10.9. The van der Waals surface area contributed by atoms with E-state index in [0.717, 1.165) is 0 Å². The summed E-state index contributed by atoms with van der Waals surface area (Å²) in [7, 11) is 1.87. The smallest absolute Gasteiger partial charge is 0.383 e. The molecule has 1 rings (SSSR count). The number of piperidine rings is 1. The van der Waals surface area contributed by atoms with Crippen LogP contribution in [0.5, 0.6) is 0 Å². The van der Waals surface area contributed by atoms with E-state index in [0.29, 0.717) is 25.9 Å². The zero-order valence-electron chi connectivity index (χ0n) is 11.5. The predicted molar refractivity (Wildman–Crippen MR) is 65.0 cm³/mol. The molecule has 17 heavy (non-hydrogen) atoms. The van der Waals surface area contributed by atoms with Crippen LogP contribution >= 0.6 is 0 Å². The van der Waals surface area contributed by atoms with Gasteiger partial charge in [0.25, 0.3) is 0 Å². The molecule has 0 aromatic carbocycles. The van der Waals surface area contributed by atoms with Gasteiger partial charge in [0.2, 0.25) is 0 Å². The van der Waals surface area contributed by atoms with Gasteiger partial charge in [0.1, 0.15) is 0 Å². The molecule has 0 spiro atoms. The maximum Gasteiger partial charge on any atom is 0.414 e. The highest BCUT2D eigenvalue weighted by Gasteiger charge is 2.43. The molecular formula is C12H26F3NO. The van der Waals surface area contributed by atoms with Crippen molar-refractivity contribution in [2.45, 2.75) is 52.8 Å². The van der Waals surface area contributed by atoms with Gasteiger partial charge in [0.15, 0.2) is 6.10 Å². The standard InChI is InChI=1S/C8H14F3NO.2C2H6/c1-12-4-2-6(3-5-12)7(13)8(9,10)11;2*1-2/h6-7,13H,2-5H2,1H3;2*1-2H3. The number of aliphatic hydroxyl groups excluding tert-OH is 1. The van der Waals surface area contributed by atoms with Crippen LogP contribution in [0.2, 0.25) is 0 Å². The summed E-state index contributed by atoms with van der Waals surface area (Å²) in [6.07, 6.45) is -5.74. The van der Waals surface area contributed by atoms with Crippen LogP contribution in [0.15, 0.2) is 0 Å². The highest BCUT2D eigenvalue weighted by Crippen LogP contribution is 2.31. The van der Waals surface area contributed by atoms with Crippen molar-refractivity contribution in [1.82, 2.24) is 4.90 Å². The molecule has 0 aliphatic carbocycles. The van der Waals surface area contributed by atoms with Gasteiger partial charge >= 0.3 is 6.18 Å². The second kappa shape index (κ2) is 9.71. The van der Waals surface area contributed by atoms with Crippen molar-refractivity contribution in [2.75, 3.05) is 20.1 Å². The molecular weight excluding hydrogens is 231 g/mol. The fourth-order valence-electron chi connectivity index (χ4n) is 1.61. The number of likely N-dealkylation sites (tertiary alicyclic amines) is 1. The van der Waals surface area contributed by atoms with Crippen LogP contribution < -0.4 is 0 Å². The lowest BCUT2D eigenvalue weighted by atomic mass is 9.91. The Labute approximate surface area is 103 Å². The molecule has 106 valence electrons. The number of halogens is 3. The van der Waals surface area contributed by atoms with Gasteiger partial charge in [-0.25, -0.2) is 0 Å². The van der Waals surface area contributed by atoms with E-state index in [9.17, 15) is 13.2 Å². The van der Waals surface area contributed by atoms with Crippen molar-refractivity contribution in [3.05, 3.63) is 0 Å². The van der Waals surface area contributed by atoms with E-state index in [1.54, 1.807) is 0 Å². The number of aliphatic hydroxyl groups is 1. The van der Waals surface area contributed by atoms with Gasteiger partial charge in [-0.05, 0) is 38.9 Å². The minimum atomic E-state index is -4.46. The molecule has 1 fully saturated rings. The monoisotopic (exact) mass is 257 g/mol. The summed E-state index contributed by atoms with van der Waals surface area (Å²) in [6.45, 7) is 9.27. The summed E-state index contributed by atoms with van der Waals surface area (Å²) >= 11 is 0. The molecule has 5 heteroatoms. The van der Waals surface area contributed by atoms with Crippen molar-refractivity contribution < 1.29 is 18.3 Å². The summed E-state index contributed by atoms with van der Waals surface area (Å²) in [6, 6.07) is 0. The van der Waals surface area contributed by atoms with E-state index in [1.165, 1.54) is 0 Å². The lowest BCUT2D eigenvalue weighted by Gasteiger charge is -2.32. The van der Waals surface area contributed by atoms with E-state index in [1.807, 2.05) is 39.6 Å². The fraction of sp³-hybridized carbons (Fsp3) is 1.00. The van der Waals surface area contributed by atoms with Gasteiger partial charge in [-0.2, -0.15) is 13.2 Å². The van der Waals surface area contributed by atoms with Gasteiger partial charge in [0.05, 0.1) is 0 Å². The molecule has 0 radical (unpaired) electrons. The van der Waals surface area contributed by atoms with Crippen LogP contribution in [0.4, 0.5) is 13.2 Å². The Morgan fingerprint density at radius 2 is 1.41 bits per heavy atom. The number of rotatable bonds is 1. The Morgan fingerprint density at radius 3 is 1.71 bits per heavy atom. The normalized spacial score (nSPS) is 19.6. The first kappa shape index (κ1) is 19.1.